The first-order valence-corrected chi connectivity index (χ1v) is 6.93. The zero-order valence-electron chi connectivity index (χ0n) is 11.8. The van der Waals surface area contributed by atoms with Crippen molar-refractivity contribution in [2.75, 3.05) is 0 Å². The Kier molecular flexibility index (Phi) is 4.46. The molecule has 2 rings (SSSR count). The molecule has 2 aromatic carbocycles. The van der Waals surface area contributed by atoms with Crippen molar-refractivity contribution in [2.45, 2.75) is 26.7 Å². The van der Waals surface area contributed by atoms with E-state index in [-0.39, 0.29) is 11.9 Å². The summed E-state index contributed by atoms with van der Waals surface area (Å²) in [4.78, 5) is 12.2. The maximum absolute atomic E-state index is 12.2. The van der Waals surface area contributed by atoms with Crippen molar-refractivity contribution in [1.29, 1.82) is 0 Å². The van der Waals surface area contributed by atoms with Gasteiger partial charge < -0.3 is 4.74 Å². The number of hydrogen-bond acceptors (Lipinski definition) is 2. The molecular formula is C17H17ClO2. The topological polar surface area (TPSA) is 26.3 Å². The summed E-state index contributed by atoms with van der Waals surface area (Å²) in [7, 11) is 0. The summed E-state index contributed by atoms with van der Waals surface area (Å²) in [5.41, 5.74) is 2.53. The van der Waals surface area contributed by atoms with Crippen molar-refractivity contribution in [3.63, 3.8) is 0 Å². The Morgan fingerprint density at radius 1 is 1.15 bits per heavy atom. The molecule has 3 heteroatoms. The van der Waals surface area contributed by atoms with Crippen molar-refractivity contribution in [1.82, 2.24) is 0 Å². The highest BCUT2D eigenvalue weighted by Gasteiger charge is 2.14. The molecule has 0 unspecified atom stereocenters. The maximum atomic E-state index is 12.2. The normalized spacial score (nSPS) is 10.7. The van der Waals surface area contributed by atoms with Crippen LogP contribution in [0.1, 0.15) is 41.3 Å². The van der Waals surface area contributed by atoms with Gasteiger partial charge in [0.25, 0.3) is 0 Å². The quantitative estimate of drug-likeness (QED) is 0.587. The minimum absolute atomic E-state index is 0.290. The van der Waals surface area contributed by atoms with Crippen molar-refractivity contribution in [3.05, 3.63) is 64.2 Å². The van der Waals surface area contributed by atoms with Crippen LogP contribution in [0.4, 0.5) is 0 Å². The number of aryl methyl sites for hydroxylation is 1. The third-order valence-corrected chi connectivity index (χ3v) is 3.29. The molecule has 2 aromatic rings. The summed E-state index contributed by atoms with van der Waals surface area (Å²) in [5.74, 6) is 0.516. The van der Waals surface area contributed by atoms with E-state index in [0.717, 1.165) is 11.1 Å². The number of esters is 1. The van der Waals surface area contributed by atoms with E-state index in [1.165, 1.54) is 0 Å². The Morgan fingerprint density at radius 3 is 2.55 bits per heavy atom. The summed E-state index contributed by atoms with van der Waals surface area (Å²) < 4.78 is 5.53. The largest absolute Gasteiger partial charge is 0.423 e. The first-order valence-electron chi connectivity index (χ1n) is 6.55. The van der Waals surface area contributed by atoms with Crippen LogP contribution in [-0.4, -0.2) is 5.97 Å². The SMILES string of the molecule is Cc1ccc(C(C)C)c(OC(=O)c2cccc(Cl)c2)c1. The van der Waals surface area contributed by atoms with Gasteiger partial charge in [-0.15, -0.1) is 0 Å². The van der Waals surface area contributed by atoms with Crippen LogP contribution in [-0.2, 0) is 0 Å². The number of carbonyl (C=O) groups is 1. The van der Waals surface area contributed by atoms with Gasteiger partial charge in [0.1, 0.15) is 5.75 Å². The molecule has 104 valence electrons. The predicted octanol–water partition coefficient (Wildman–Crippen LogP) is 4.99. The molecule has 0 atom stereocenters. The first-order chi connectivity index (χ1) is 9.47. The molecule has 0 aliphatic carbocycles. The van der Waals surface area contributed by atoms with E-state index in [1.54, 1.807) is 24.3 Å². The number of halogens is 1. The van der Waals surface area contributed by atoms with Crippen LogP contribution >= 0.6 is 11.6 Å². The van der Waals surface area contributed by atoms with Crippen LogP contribution in [0.15, 0.2) is 42.5 Å². The van der Waals surface area contributed by atoms with Gasteiger partial charge in [-0.05, 0) is 48.2 Å². The van der Waals surface area contributed by atoms with Gasteiger partial charge in [0.2, 0.25) is 0 Å². The highest BCUT2D eigenvalue weighted by Crippen LogP contribution is 2.28. The van der Waals surface area contributed by atoms with E-state index >= 15 is 0 Å². The zero-order valence-corrected chi connectivity index (χ0v) is 12.6. The van der Waals surface area contributed by atoms with Gasteiger partial charge in [-0.1, -0.05) is 43.6 Å². The molecule has 0 fully saturated rings. The number of carbonyl (C=O) groups excluding carboxylic acids is 1. The third-order valence-electron chi connectivity index (χ3n) is 3.05. The Morgan fingerprint density at radius 2 is 1.90 bits per heavy atom. The van der Waals surface area contributed by atoms with Crippen molar-refractivity contribution in [3.8, 4) is 5.75 Å². The predicted molar refractivity (Wildman–Crippen MR) is 81.7 cm³/mol. The molecular weight excluding hydrogens is 272 g/mol. The van der Waals surface area contributed by atoms with Crippen LogP contribution in [0.25, 0.3) is 0 Å². The number of benzene rings is 2. The van der Waals surface area contributed by atoms with Crippen LogP contribution in [0.2, 0.25) is 5.02 Å². The summed E-state index contributed by atoms with van der Waals surface area (Å²) >= 11 is 5.89. The second kappa shape index (κ2) is 6.10. The van der Waals surface area contributed by atoms with Crippen molar-refractivity contribution in [2.24, 2.45) is 0 Å². The van der Waals surface area contributed by atoms with Gasteiger partial charge >= 0.3 is 5.97 Å². The summed E-state index contributed by atoms with van der Waals surface area (Å²) in [6, 6.07) is 12.7. The van der Waals surface area contributed by atoms with Gasteiger partial charge in [0, 0.05) is 5.02 Å². The molecule has 2 nitrogen and oxygen atoms in total. The fraction of sp³-hybridized carbons (Fsp3) is 0.235. The summed E-state index contributed by atoms with van der Waals surface area (Å²) in [5, 5.41) is 0.521. The van der Waals surface area contributed by atoms with E-state index in [1.807, 2.05) is 25.1 Å². The first kappa shape index (κ1) is 14.6. The van der Waals surface area contributed by atoms with Crippen LogP contribution < -0.4 is 4.74 Å². The number of hydrogen-bond donors (Lipinski definition) is 0. The zero-order chi connectivity index (χ0) is 14.7. The minimum Gasteiger partial charge on any atom is -0.423 e. The fourth-order valence-corrected chi connectivity index (χ4v) is 2.17. The van der Waals surface area contributed by atoms with E-state index in [9.17, 15) is 4.79 Å². The lowest BCUT2D eigenvalue weighted by atomic mass is 10.0. The Bertz CT molecular complexity index is 633. The molecule has 0 saturated carbocycles. The van der Waals surface area contributed by atoms with E-state index in [4.69, 9.17) is 16.3 Å². The molecule has 0 N–H and O–H groups in total. The lowest BCUT2D eigenvalue weighted by Gasteiger charge is -2.13. The molecule has 20 heavy (non-hydrogen) atoms. The van der Waals surface area contributed by atoms with Crippen LogP contribution in [0.5, 0.6) is 5.75 Å². The van der Waals surface area contributed by atoms with Crippen molar-refractivity contribution < 1.29 is 9.53 Å². The Balaban J connectivity index is 2.30. The average molecular weight is 289 g/mol. The average Bonchev–Trinajstić information content (AvgIpc) is 2.38. The molecule has 0 amide bonds. The van der Waals surface area contributed by atoms with Gasteiger partial charge in [0.15, 0.2) is 0 Å². The second-order valence-corrected chi connectivity index (χ2v) is 5.53. The smallest absolute Gasteiger partial charge is 0.343 e. The van der Waals surface area contributed by atoms with E-state index < -0.39 is 0 Å². The second-order valence-electron chi connectivity index (χ2n) is 5.10. The van der Waals surface area contributed by atoms with Crippen molar-refractivity contribution >= 4 is 17.6 Å². The summed E-state index contributed by atoms with van der Waals surface area (Å²) in [6.07, 6.45) is 0. The monoisotopic (exact) mass is 288 g/mol. The molecule has 0 saturated heterocycles. The highest BCUT2D eigenvalue weighted by molar-refractivity contribution is 6.30. The maximum Gasteiger partial charge on any atom is 0.343 e. The molecule has 0 aliphatic heterocycles. The summed E-state index contributed by atoms with van der Waals surface area (Å²) in [6.45, 7) is 6.11. The van der Waals surface area contributed by atoms with Gasteiger partial charge in [-0.3, -0.25) is 0 Å². The van der Waals surface area contributed by atoms with E-state index in [0.29, 0.717) is 16.3 Å². The highest BCUT2D eigenvalue weighted by atomic mass is 35.5. The Hall–Kier alpha value is -1.80. The number of rotatable bonds is 3. The van der Waals surface area contributed by atoms with Gasteiger partial charge in [-0.2, -0.15) is 0 Å². The van der Waals surface area contributed by atoms with Crippen LogP contribution in [0.3, 0.4) is 0 Å². The number of ether oxygens (including phenoxy) is 1. The molecule has 0 spiro atoms. The molecule has 0 radical (unpaired) electrons. The molecule has 0 bridgehead atoms. The third kappa shape index (κ3) is 3.40. The van der Waals surface area contributed by atoms with Gasteiger partial charge in [0.05, 0.1) is 5.56 Å². The molecule has 0 heterocycles. The lowest BCUT2D eigenvalue weighted by molar-refractivity contribution is 0.0733. The standard InChI is InChI=1S/C17H17ClO2/c1-11(2)15-8-7-12(3)9-16(15)20-17(19)13-5-4-6-14(18)10-13/h4-11H,1-3H3. The molecule has 0 aromatic heterocycles. The Labute approximate surface area is 124 Å². The molecule has 0 aliphatic rings. The minimum atomic E-state index is -0.389. The fourth-order valence-electron chi connectivity index (χ4n) is 1.98. The van der Waals surface area contributed by atoms with E-state index in [2.05, 4.69) is 13.8 Å². The van der Waals surface area contributed by atoms with Crippen LogP contribution in [0, 0.1) is 6.92 Å². The van der Waals surface area contributed by atoms with Gasteiger partial charge in [-0.25, -0.2) is 4.79 Å². The lowest BCUT2D eigenvalue weighted by Crippen LogP contribution is -2.10.